The number of rotatable bonds is 4. The molecular weight excluding hydrogens is 174 g/mol. The van der Waals surface area contributed by atoms with Crippen LogP contribution >= 0.6 is 0 Å². The first-order valence-corrected chi connectivity index (χ1v) is 6.29. The zero-order valence-corrected chi connectivity index (χ0v) is 8.36. The molecule has 1 aliphatic carbocycles. The van der Waals surface area contributed by atoms with Crippen LogP contribution in [0.5, 0.6) is 0 Å². The first-order valence-electron chi connectivity index (χ1n) is 4.47. The van der Waals surface area contributed by atoms with E-state index in [1.807, 2.05) is 0 Å². The largest absolute Gasteiger partial charge is 0.325 e. The van der Waals surface area contributed by atoms with Crippen molar-refractivity contribution in [1.29, 1.82) is 0 Å². The molecule has 0 bridgehead atoms. The second kappa shape index (κ2) is 3.34. The fourth-order valence-electron chi connectivity index (χ4n) is 1.38. The van der Waals surface area contributed by atoms with Crippen LogP contribution in [0.3, 0.4) is 0 Å². The SMILES string of the molecule is CCS(=O)(=O)CCC1(N)CCC1. The highest BCUT2D eigenvalue weighted by atomic mass is 32.2. The second-order valence-electron chi connectivity index (χ2n) is 3.70. The molecule has 1 saturated carbocycles. The lowest BCUT2D eigenvalue weighted by atomic mass is 9.76. The summed E-state index contributed by atoms with van der Waals surface area (Å²) in [7, 11) is -2.81. The molecule has 0 amide bonds. The molecule has 12 heavy (non-hydrogen) atoms. The molecule has 0 aromatic carbocycles. The minimum atomic E-state index is -2.81. The van der Waals surface area contributed by atoms with E-state index in [-0.39, 0.29) is 17.0 Å². The lowest BCUT2D eigenvalue weighted by Gasteiger charge is -2.38. The molecule has 4 heteroatoms. The van der Waals surface area contributed by atoms with E-state index >= 15 is 0 Å². The van der Waals surface area contributed by atoms with Crippen molar-refractivity contribution in [1.82, 2.24) is 0 Å². The smallest absolute Gasteiger partial charge is 0.150 e. The van der Waals surface area contributed by atoms with Gasteiger partial charge in [-0.25, -0.2) is 8.42 Å². The topological polar surface area (TPSA) is 60.2 Å². The van der Waals surface area contributed by atoms with Crippen LogP contribution < -0.4 is 5.73 Å². The van der Waals surface area contributed by atoms with Crippen LogP contribution in [0.25, 0.3) is 0 Å². The molecule has 1 fully saturated rings. The maximum absolute atomic E-state index is 11.1. The van der Waals surface area contributed by atoms with Crippen molar-refractivity contribution in [2.75, 3.05) is 11.5 Å². The van der Waals surface area contributed by atoms with E-state index in [1.165, 1.54) is 0 Å². The Labute approximate surface area is 74.3 Å². The normalized spacial score (nSPS) is 21.8. The standard InChI is InChI=1S/C8H17NO2S/c1-2-12(10,11)7-6-8(9)4-3-5-8/h2-7,9H2,1H3. The van der Waals surface area contributed by atoms with Gasteiger partial charge in [-0.3, -0.25) is 0 Å². The zero-order valence-electron chi connectivity index (χ0n) is 7.54. The van der Waals surface area contributed by atoms with Crippen molar-refractivity contribution in [2.45, 2.75) is 38.1 Å². The Morgan fingerprint density at radius 1 is 1.42 bits per heavy atom. The monoisotopic (exact) mass is 191 g/mol. The Bertz CT molecular complexity index is 242. The predicted octanol–water partition coefficient (Wildman–Crippen LogP) is 0.693. The Morgan fingerprint density at radius 3 is 2.33 bits per heavy atom. The lowest BCUT2D eigenvalue weighted by molar-refractivity contribution is 0.241. The van der Waals surface area contributed by atoms with Gasteiger partial charge >= 0.3 is 0 Å². The highest BCUT2D eigenvalue weighted by Crippen LogP contribution is 2.32. The van der Waals surface area contributed by atoms with E-state index in [0.29, 0.717) is 6.42 Å². The summed E-state index contributed by atoms with van der Waals surface area (Å²) in [6.07, 6.45) is 3.78. The number of hydrogen-bond donors (Lipinski definition) is 1. The van der Waals surface area contributed by atoms with Crippen LogP contribution in [-0.4, -0.2) is 25.5 Å². The summed E-state index contributed by atoms with van der Waals surface area (Å²) in [6.45, 7) is 1.68. The predicted molar refractivity (Wildman–Crippen MR) is 49.7 cm³/mol. The van der Waals surface area contributed by atoms with Gasteiger partial charge in [0.2, 0.25) is 0 Å². The summed E-state index contributed by atoms with van der Waals surface area (Å²) in [5.41, 5.74) is 5.75. The molecule has 0 aromatic heterocycles. The van der Waals surface area contributed by atoms with Gasteiger partial charge in [0.15, 0.2) is 0 Å². The fraction of sp³-hybridized carbons (Fsp3) is 1.00. The molecule has 2 N–H and O–H groups in total. The lowest BCUT2D eigenvalue weighted by Crippen LogP contribution is -2.47. The Kier molecular flexibility index (Phi) is 2.78. The van der Waals surface area contributed by atoms with Gasteiger partial charge < -0.3 is 5.73 Å². The van der Waals surface area contributed by atoms with Crippen LogP contribution in [0.2, 0.25) is 0 Å². The molecule has 72 valence electrons. The van der Waals surface area contributed by atoms with Gasteiger partial charge in [0, 0.05) is 11.3 Å². The molecule has 0 spiro atoms. The molecule has 0 aliphatic heterocycles. The molecule has 0 unspecified atom stereocenters. The minimum Gasteiger partial charge on any atom is -0.325 e. The van der Waals surface area contributed by atoms with Crippen LogP contribution in [-0.2, 0) is 9.84 Å². The molecule has 0 aromatic rings. The van der Waals surface area contributed by atoms with Crippen molar-refractivity contribution in [3.8, 4) is 0 Å². The average molecular weight is 191 g/mol. The summed E-state index contributed by atoms with van der Waals surface area (Å²) in [5, 5.41) is 0. The van der Waals surface area contributed by atoms with Gasteiger partial charge in [0.1, 0.15) is 9.84 Å². The summed E-state index contributed by atoms with van der Waals surface area (Å²) < 4.78 is 22.3. The minimum absolute atomic E-state index is 0.151. The van der Waals surface area contributed by atoms with Gasteiger partial charge in [-0.1, -0.05) is 6.92 Å². The van der Waals surface area contributed by atoms with Crippen molar-refractivity contribution in [3.05, 3.63) is 0 Å². The maximum atomic E-state index is 11.1. The zero-order chi connectivity index (χ0) is 9.24. The van der Waals surface area contributed by atoms with E-state index in [9.17, 15) is 8.42 Å². The maximum Gasteiger partial charge on any atom is 0.150 e. The Balaban J connectivity index is 2.35. The van der Waals surface area contributed by atoms with Gasteiger partial charge in [-0.05, 0) is 25.7 Å². The van der Waals surface area contributed by atoms with Crippen LogP contribution in [0.4, 0.5) is 0 Å². The molecule has 3 nitrogen and oxygen atoms in total. The molecular formula is C8H17NO2S. The second-order valence-corrected chi connectivity index (χ2v) is 6.18. The third-order valence-electron chi connectivity index (χ3n) is 2.70. The summed E-state index contributed by atoms with van der Waals surface area (Å²) in [6, 6.07) is 0. The van der Waals surface area contributed by atoms with Gasteiger partial charge in [-0.2, -0.15) is 0 Å². The highest BCUT2D eigenvalue weighted by Gasteiger charge is 2.33. The highest BCUT2D eigenvalue weighted by molar-refractivity contribution is 7.91. The number of hydrogen-bond acceptors (Lipinski definition) is 3. The molecule has 1 rings (SSSR count). The van der Waals surface area contributed by atoms with E-state index < -0.39 is 9.84 Å². The van der Waals surface area contributed by atoms with E-state index in [4.69, 9.17) is 5.73 Å². The van der Waals surface area contributed by atoms with Crippen LogP contribution in [0.15, 0.2) is 0 Å². The van der Waals surface area contributed by atoms with Gasteiger partial charge in [0.25, 0.3) is 0 Å². The van der Waals surface area contributed by atoms with Crippen molar-refractivity contribution in [2.24, 2.45) is 5.73 Å². The Morgan fingerprint density at radius 2 is 2.00 bits per heavy atom. The Hall–Kier alpha value is -0.0900. The first-order chi connectivity index (χ1) is 5.47. The molecule has 0 saturated heterocycles. The fourth-order valence-corrected chi connectivity index (χ4v) is 2.39. The number of nitrogens with two attached hydrogens (primary N) is 1. The molecule has 0 radical (unpaired) electrons. The van der Waals surface area contributed by atoms with Crippen molar-refractivity contribution in [3.63, 3.8) is 0 Å². The molecule has 1 aliphatic rings. The number of sulfone groups is 1. The first kappa shape index (κ1) is 9.99. The van der Waals surface area contributed by atoms with E-state index in [2.05, 4.69) is 0 Å². The van der Waals surface area contributed by atoms with Crippen molar-refractivity contribution < 1.29 is 8.42 Å². The summed E-state index contributed by atoms with van der Waals surface area (Å²) in [5.74, 6) is 0.503. The van der Waals surface area contributed by atoms with Gasteiger partial charge in [-0.15, -0.1) is 0 Å². The van der Waals surface area contributed by atoms with Crippen molar-refractivity contribution >= 4 is 9.84 Å². The summed E-state index contributed by atoms with van der Waals surface area (Å²) in [4.78, 5) is 0. The molecule has 0 heterocycles. The van der Waals surface area contributed by atoms with Crippen LogP contribution in [0.1, 0.15) is 32.6 Å². The van der Waals surface area contributed by atoms with Crippen LogP contribution in [0, 0.1) is 0 Å². The third-order valence-corrected chi connectivity index (χ3v) is 4.41. The third kappa shape index (κ3) is 2.45. The quantitative estimate of drug-likeness (QED) is 0.711. The van der Waals surface area contributed by atoms with Gasteiger partial charge in [0.05, 0.1) is 5.75 Å². The average Bonchev–Trinajstić information content (AvgIpc) is 1.98. The van der Waals surface area contributed by atoms with E-state index in [0.717, 1.165) is 19.3 Å². The summed E-state index contributed by atoms with van der Waals surface area (Å²) >= 11 is 0. The molecule has 0 atom stereocenters. The van der Waals surface area contributed by atoms with E-state index in [1.54, 1.807) is 6.92 Å².